The topological polar surface area (TPSA) is 82.4 Å². The largest absolute Gasteiger partial charge is 0.496 e. The molecule has 8 nitrogen and oxygen atoms in total. The molecule has 0 amide bonds. The van der Waals surface area contributed by atoms with Crippen LogP contribution in [0, 0.1) is 0 Å². The van der Waals surface area contributed by atoms with E-state index in [0.717, 1.165) is 29.9 Å². The molecule has 4 aromatic rings. The number of hydrogen-bond donors (Lipinski definition) is 0. The number of carbonyl (C=O) groups is 1. The van der Waals surface area contributed by atoms with E-state index in [9.17, 15) is 9.59 Å². The molecule has 0 saturated carbocycles. The van der Waals surface area contributed by atoms with Gasteiger partial charge < -0.3 is 19.1 Å². The van der Waals surface area contributed by atoms with Gasteiger partial charge in [0.25, 0.3) is 5.56 Å². The lowest BCUT2D eigenvalue weighted by atomic mass is 9.92. The number of methoxy groups -OCH3 is 1. The van der Waals surface area contributed by atoms with Crippen molar-refractivity contribution in [1.82, 2.24) is 4.57 Å². The molecule has 2 aliphatic rings. The molecule has 1 atom stereocenters. The summed E-state index contributed by atoms with van der Waals surface area (Å²) in [6.07, 6.45) is 1.86. The first-order valence-electron chi connectivity index (χ1n) is 14.0. The third-order valence-electron chi connectivity index (χ3n) is 7.43. The van der Waals surface area contributed by atoms with Crippen LogP contribution in [0.3, 0.4) is 0 Å². The van der Waals surface area contributed by atoms with Gasteiger partial charge in [-0.05, 0) is 48.9 Å². The van der Waals surface area contributed by atoms with Crippen LogP contribution in [0.4, 0.5) is 5.69 Å². The van der Waals surface area contributed by atoms with Gasteiger partial charge in [-0.2, -0.15) is 0 Å². The van der Waals surface area contributed by atoms with E-state index in [4.69, 9.17) is 30.8 Å². The quantitative estimate of drug-likeness (QED) is 0.286. The number of carbonyl (C=O) groups excluding carboxylic acids is 1. The van der Waals surface area contributed by atoms with Gasteiger partial charge in [0.2, 0.25) is 0 Å². The van der Waals surface area contributed by atoms with Gasteiger partial charge in [0.15, 0.2) is 4.80 Å². The third-order valence-corrected chi connectivity index (χ3v) is 8.65. The summed E-state index contributed by atoms with van der Waals surface area (Å²) >= 11 is 7.74. The van der Waals surface area contributed by atoms with Gasteiger partial charge in [0.05, 0.1) is 42.7 Å². The minimum Gasteiger partial charge on any atom is -0.496 e. The maximum Gasteiger partial charge on any atom is 0.338 e. The molecule has 0 unspecified atom stereocenters. The number of nitrogens with zero attached hydrogens (tertiary/aromatic N) is 3. The summed E-state index contributed by atoms with van der Waals surface area (Å²) in [7, 11) is 1.54. The molecule has 220 valence electrons. The van der Waals surface area contributed by atoms with Crippen LogP contribution >= 0.6 is 22.9 Å². The van der Waals surface area contributed by atoms with Crippen LogP contribution < -0.4 is 24.5 Å². The molecule has 0 radical (unpaired) electrons. The number of aromatic nitrogens is 1. The monoisotopic (exact) mass is 615 g/mol. The molecule has 3 aromatic carbocycles. The summed E-state index contributed by atoms with van der Waals surface area (Å²) in [5, 5.41) is 0.444. The van der Waals surface area contributed by atoms with Gasteiger partial charge >= 0.3 is 5.97 Å². The number of hydrogen-bond acceptors (Lipinski definition) is 8. The zero-order chi connectivity index (χ0) is 29.9. The van der Waals surface area contributed by atoms with Crippen molar-refractivity contribution in [2.75, 3.05) is 44.9 Å². The maximum absolute atomic E-state index is 14.2. The van der Waals surface area contributed by atoms with Crippen molar-refractivity contribution < 1.29 is 19.0 Å². The molecule has 43 heavy (non-hydrogen) atoms. The minimum absolute atomic E-state index is 0.161. The lowest BCUT2D eigenvalue weighted by molar-refractivity contribution is -0.138. The summed E-state index contributed by atoms with van der Waals surface area (Å²) < 4.78 is 18.8. The molecule has 2 aliphatic heterocycles. The van der Waals surface area contributed by atoms with E-state index in [1.165, 1.54) is 11.3 Å². The Morgan fingerprint density at radius 2 is 1.84 bits per heavy atom. The van der Waals surface area contributed by atoms with E-state index >= 15 is 0 Å². The number of halogens is 1. The Balaban J connectivity index is 1.56. The average molecular weight is 616 g/mol. The smallest absolute Gasteiger partial charge is 0.338 e. The van der Waals surface area contributed by atoms with Crippen molar-refractivity contribution in [3.63, 3.8) is 0 Å². The van der Waals surface area contributed by atoms with E-state index in [2.05, 4.69) is 17.0 Å². The molecular weight excluding hydrogens is 586 g/mol. The second kappa shape index (κ2) is 12.6. The third kappa shape index (κ3) is 5.76. The van der Waals surface area contributed by atoms with Crippen molar-refractivity contribution in [3.05, 3.63) is 120 Å². The van der Waals surface area contributed by atoms with Crippen LogP contribution in [-0.4, -0.2) is 50.6 Å². The van der Waals surface area contributed by atoms with Gasteiger partial charge in [0.1, 0.15) is 11.8 Å². The van der Waals surface area contributed by atoms with Gasteiger partial charge in [-0.1, -0.05) is 65.4 Å². The van der Waals surface area contributed by atoms with E-state index < -0.39 is 12.0 Å². The van der Waals surface area contributed by atoms with Crippen molar-refractivity contribution in [3.8, 4) is 5.75 Å². The van der Waals surface area contributed by atoms with Gasteiger partial charge in [0, 0.05) is 34.9 Å². The highest BCUT2D eigenvalue weighted by atomic mass is 35.5. The zero-order valence-electron chi connectivity index (χ0n) is 23.8. The number of esters is 1. The normalized spacial score (nSPS) is 17.0. The number of ether oxygens (including phenoxy) is 3. The average Bonchev–Trinajstić information content (AvgIpc) is 3.35. The minimum atomic E-state index is -0.884. The van der Waals surface area contributed by atoms with Crippen molar-refractivity contribution >= 4 is 46.4 Å². The lowest BCUT2D eigenvalue weighted by Gasteiger charge is -2.28. The van der Waals surface area contributed by atoms with Crippen LogP contribution in [0.1, 0.15) is 29.7 Å². The van der Waals surface area contributed by atoms with Crippen LogP contribution in [0.2, 0.25) is 5.02 Å². The molecule has 0 spiro atoms. The number of rotatable bonds is 7. The molecule has 1 aromatic heterocycles. The second-order valence-electron chi connectivity index (χ2n) is 10.0. The number of morpholine rings is 1. The highest BCUT2D eigenvalue weighted by molar-refractivity contribution is 7.07. The standard InChI is InChI=1S/C33H30ClN3O5S/c1-3-42-32(39)28-29(22-7-5-4-6-8-22)35-33-37(30(28)25-20-23(34)11-14-26(25)40-2)31(38)27(43-33)19-21-9-12-24(13-10-21)36-15-17-41-18-16-36/h4-14,19-20,30H,3,15-18H2,1-2H3/b27-19-/t30-/m0/s1. The number of fused-ring (bicyclic) bond motifs is 1. The molecule has 0 aliphatic carbocycles. The first-order valence-corrected chi connectivity index (χ1v) is 15.2. The lowest BCUT2D eigenvalue weighted by Crippen LogP contribution is -2.40. The van der Waals surface area contributed by atoms with Crippen molar-refractivity contribution in [2.45, 2.75) is 13.0 Å². The van der Waals surface area contributed by atoms with Crippen LogP contribution in [0.5, 0.6) is 5.75 Å². The maximum atomic E-state index is 14.2. The molecular formula is C33H30ClN3O5S. The van der Waals surface area contributed by atoms with Crippen LogP contribution in [-0.2, 0) is 14.3 Å². The Morgan fingerprint density at radius 3 is 2.53 bits per heavy atom. The molecule has 10 heteroatoms. The van der Waals surface area contributed by atoms with Crippen molar-refractivity contribution in [2.24, 2.45) is 4.99 Å². The first-order chi connectivity index (χ1) is 21.0. The number of anilines is 1. The summed E-state index contributed by atoms with van der Waals surface area (Å²) in [5.41, 5.74) is 3.68. The molecule has 6 rings (SSSR count). The predicted octanol–water partition coefficient (Wildman–Crippen LogP) is 4.43. The number of thiazole rings is 1. The summed E-state index contributed by atoms with van der Waals surface area (Å²) in [6, 6.07) is 21.8. The van der Waals surface area contributed by atoms with Gasteiger partial charge in [-0.25, -0.2) is 9.79 Å². The Kier molecular flexibility index (Phi) is 8.47. The molecule has 1 fully saturated rings. The highest BCUT2D eigenvalue weighted by Gasteiger charge is 2.36. The van der Waals surface area contributed by atoms with Crippen molar-refractivity contribution in [1.29, 1.82) is 0 Å². The summed E-state index contributed by atoms with van der Waals surface area (Å²) in [6.45, 7) is 5.01. The Hall–Kier alpha value is -4.18. The van der Waals surface area contributed by atoms with E-state index in [1.54, 1.807) is 36.8 Å². The summed E-state index contributed by atoms with van der Waals surface area (Å²) in [4.78, 5) is 35.5. The molecule has 1 saturated heterocycles. The fourth-order valence-corrected chi connectivity index (χ4v) is 6.59. The fraction of sp³-hybridized carbons (Fsp3) is 0.242. The molecule has 0 bridgehead atoms. The van der Waals surface area contributed by atoms with E-state index in [-0.39, 0.29) is 17.7 Å². The SMILES string of the molecule is CCOC(=O)C1=C(c2ccccc2)N=c2s/c(=C\c3ccc(N4CCOCC4)cc3)c(=O)n2[C@H]1c1cc(Cl)ccc1OC. The Labute approximate surface area is 257 Å². The number of benzene rings is 3. The van der Waals surface area contributed by atoms with E-state index in [0.29, 0.717) is 44.6 Å². The van der Waals surface area contributed by atoms with Crippen LogP contribution in [0.15, 0.2) is 88.2 Å². The van der Waals surface area contributed by atoms with Gasteiger partial charge in [-0.3, -0.25) is 9.36 Å². The van der Waals surface area contributed by atoms with E-state index in [1.807, 2.05) is 48.5 Å². The zero-order valence-corrected chi connectivity index (χ0v) is 25.4. The van der Waals surface area contributed by atoms with Gasteiger partial charge in [-0.15, -0.1) is 0 Å². The Morgan fingerprint density at radius 1 is 1.09 bits per heavy atom. The van der Waals surface area contributed by atoms with Crippen LogP contribution in [0.25, 0.3) is 11.8 Å². The molecule has 3 heterocycles. The second-order valence-corrected chi connectivity index (χ2v) is 11.5. The fourth-order valence-electron chi connectivity index (χ4n) is 5.41. The first kappa shape index (κ1) is 28.9. The highest BCUT2D eigenvalue weighted by Crippen LogP contribution is 2.39. The summed E-state index contributed by atoms with van der Waals surface area (Å²) in [5.74, 6) is -0.0797. The predicted molar refractivity (Wildman–Crippen MR) is 169 cm³/mol. The molecule has 0 N–H and O–H groups in total. The Bertz CT molecular complexity index is 1860.